The maximum Gasteiger partial charge on any atom is 0.282 e. The van der Waals surface area contributed by atoms with E-state index < -0.39 is 0 Å². The number of hydrogen-bond donors (Lipinski definition) is 1. The van der Waals surface area contributed by atoms with Crippen molar-refractivity contribution in [3.63, 3.8) is 0 Å². The van der Waals surface area contributed by atoms with E-state index in [1.165, 1.54) is 0 Å². The van der Waals surface area contributed by atoms with Crippen LogP contribution >= 0.6 is 0 Å². The Labute approximate surface area is 107 Å². The molecular formula is C15H16N2O. The first kappa shape index (κ1) is 12.2. The lowest BCUT2D eigenvalue weighted by Gasteiger charge is -2.05. The molecule has 18 heavy (non-hydrogen) atoms. The largest absolute Gasteiger partial charge is 0.461 e. The van der Waals surface area contributed by atoms with Crippen molar-refractivity contribution in [1.82, 2.24) is 0 Å². The van der Waals surface area contributed by atoms with E-state index in [2.05, 4.69) is 4.99 Å². The first-order chi connectivity index (χ1) is 8.84. The molecule has 0 aliphatic heterocycles. The van der Waals surface area contributed by atoms with Crippen LogP contribution < -0.4 is 5.73 Å². The average Bonchev–Trinajstić information content (AvgIpc) is 2.45. The number of amidine groups is 1. The molecule has 0 amide bonds. The smallest absolute Gasteiger partial charge is 0.282 e. The summed E-state index contributed by atoms with van der Waals surface area (Å²) in [6.45, 7) is 0.992. The van der Waals surface area contributed by atoms with Crippen LogP contribution in [0, 0.1) is 0 Å². The number of hydrogen-bond acceptors (Lipinski definition) is 2. The molecule has 92 valence electrons. The van der Waals surface area contributed by atoms with E-state index in [0.29, 0.717) is 13.2 Å². The van der Waals surface area contributed by atoms with Gasteiger partial charge in [0.2, 0.25) is 0 Å². The van der Waals surface area contributed by atoms with Crippen molar-refractivity contribution < 1.29 is 4.74 Å². The highest BCUT2D eigenvalue weighted by Gasteiger charge is 1.95. The Kier molecular flexibility index (Phi) is 4.36. The second-order valence-electron chi connectivity index (χ2n) is 3.91. The molecule has 0 atom stereocenters. The molecule has 2 rings (SSSR count). The lowest BCUT2D eigenvalue weighted by atomic mass is 10.2. The number of rotatable bonds is 4. The van der Waals surface area contributed by atoms with Gasteiger partial charge in [-0.05, 0) is 11.1 Å². The summed E-state index contributed by atoms with van der Waals surface area (Å²) >= 11 is 0. The quantitative estimate of drug-likeness (QED) is 0.659. The van der Waals surface area contributed by atoms with E-state index in [9.17, 15) is 0 Å². The van der Waals surface area contributed by atoms with Crippen molar-refractivity contribution in [1.29, 1.82) is 0 Å². The maximum atomic E-state index is 5.70. The van der Waals surface area contributed by atoms with Gasteiger partial charge in [-0.3, -0.25) is 0 Å². The molecule has 0 aromatic heterocycles. The molecule has 2 N–H and O–H groups in total. The van der Waals surface area contributed by atoms with Crippen LogP contribution in [-0.4, -0.2) is 6.02 Å². The summed E-state index contributed by atoms with van der Waals surface area (Å²) in [5.41, 5.74) is 7.89. The fourth-order valence-electron chi connectivity index (χ4n) is 1.53. The van der Waals surface area contributed by atoms with Crippen LogP contribution in [0.5, 0.6) is 0 Å². The standard InChI is InChI=1S/C15H16N2O/c16-15(17-11-13-7-3-1-4-8-13)18-12-14-9-5-2-6-10-14/h1-10H,11-12H2,(H2,16,17). The second-order valence-corrected chi connectivity index (χ2v) is 3.91. The predicted molar refractivity (Wildman–Crippen MR) is 73.0 cm³/mol. The summed E-state index contributed by atoms with van der Waals surface area (Å²) in [7, 11) is 0. The maximum absolute atomic E-state index is 5.70. The third-order valence-electron chi connectivity index (χ3n) is 2.49. The number of nitrogens with two attached hydrogens (primary N) is 1. The lowest BCUT2D eigenvalue weighted by Crippen LogP contribution is -2.16. The Morgan fingerprint density at radius 3 is 2.06 bits per heavy atom. The van der Waals surface area contributed by atoms with Gasteiger partial charge in [-0.15, -0.1) is 0 Å². The lowest BCUT2D eigenvalue weighted by molar-refractivity contribution is 0.286. The van der Waals surface area contributed by atoms with E-state index in [4.69, 9.17) is 10.5 Å². The molecule has 3 nitrogen and oxygen atoms in total. The summed E-state index contributed by atoms with van der Waals surface area (Å²) in [5.74, 6) is 0. The molecule has 0 bridgehead atoms. The van der Waals surface area contributed by atoms with Crippen molar-refractivity contribution in [3.05, 3.63) is 71.8 Å². The summed E-state index contributed by atoms with van der Waals surface area (Å²) in [5, 5.41) is 0. The third kappa shape index (κ3) is 3.94. The van der Waals surface area contributed by atoms with Crippen molar-refractivity contribution in [2.45, 2.75) is 13.2 Å². The highest BCUT2D eigenvalue weighted by Crippen LogP contribution is 2.02. The molecule has 3 heteroatoms. The van der Waals surface area contributed by atoms with Crippen LogP contribution in [0.3, 0.4) is 0 Å². The summed E-state index contributed by atoms with van der Waals surface area (Å²) in [4.78, 5) is 4.18. The minimum Gasteiger partial charge on any atom is -0.461 e. The first-order valence-corrected chi connectivity index (χ1v) is 5.85. The highest BCUT2D eigenvalue weighted by atomic mass is 16.5. The Morgan fingerprint density at radius 2 is 1.44 bits per heavy atom. The summed E-state index contributed by atoms with van der Waals surface area (Å²) in [6.07, 6.45) is 0. The van der Waals surface area contributed by atoms with Gasteiger partial charge in [-0.2, -0.15) is 0 Å². The molecule has 2 aromatic rings. The predicted octanol–water partition coefficient (Wildman–Crippen LogP) is 2.72. The Balaban J connectivity index is 1.83. The molecule has 0 saturated heterocycles. The molecule has 0 radical (unpaired) electrons. The van der Waals surface area contributed by atoms with Gasteiger partial charge in [0.15, 0.2) is 0 Å². The van der Waals surface area contributed by atoms with Gasteiger partial charge in [-0.1, -0.05) is 60.7 Å². The van der Waals surface area contributed by atoms with E-state index in [0.717, 1.165) is 11.1 Å². The minimum atomic E-state index is 0.225. The third-order valence-corrected chi connectivity index (χ3v) is 2.49. The zero-order valence-electron chi connectivity index (χ0n) is 10.1. The molecular weight excluding hydrogens is 224 g/mol. The first-order valence-electron chi connectivity index (χ1n) is 5.85. The second kappa shape index (κ2) is 6.45. The zero-order chi connectivity index (χ0) is 12.6. The van der Waals surface area contributed by atoms with Gasteiger partial charge in [-0.25, -0.2) is 4.99 Å². The monoisotopic (exact) mass is 240 g/mol. The Bertz CT molecular complexity index is 494. The van der Waals surface area contributed by atoms with Crippen molar-refractivity contribution in [2.24, 2.45) is 10.7 Å². The molecule has 2 aromatic carbocycles. The molecule has 0 fully saturated rings. The van der Waals surface area contributed by atoms with Gasteiger partial charge >= 0.3 is 0 Å². The molecule has 0 heterocycles. The van der Waals surface area contributed by atoms with E-state index in [1.54, 1.807) is 0 Å². The van der Waals surface area contributed by atoms with Crippen molar-refractivity contribution >= 4 is 6.02 Å². The van der Waals surface area contributed by atoms with Crippen LogP contribution in [0.1, 0.15) is 11.1 Å². The van der Waals surface area contributed by atoms with Crippen LogP contribution in [0.25, 0.3) is 0 Å². The fourth-order valence-corrected chi connectivity index (χ4v) is 1.53. The van der Waals surface area contributed by atoms with Gasteiger partial charge < -0.3 is 10.5 Å². The van der Waals surface area contributed by atoms with Gasteiger partial charge in [0, 0.05) is 0 Å². The molecule has 0 unspecified atom stereocenters. The van der Waals surface area contributed by atoms with Gasteiger partial charge in [0.25, 0.3) is 6.02 Å². The SMILES string of the molecule is NC(=NCc1ccccc1)OCc1ccccc1. The van der Waals surface area contributed by atoms with Crippen LogP contribution in [0.2, 0.25) is 0 Å². The van der Waals surface area contributed by atoms with Crippen LogP contribution in [0.4, 0.5) is 0 Å². The summed E-state index contributed by atoms with van der Waals surface area (Å²) in [6, 6.07) is 20.1. The normalized spacial score (nSPS) is 11.2. The van der Waals surface area contributed by atoms with E-state index >= 15 is 0 Å². The minimum absolute atomic E-state index is 0.225. The Hall–Kier alpha value is -2.29. The summed E-state index contributed by atoms with van der Waals surface area (Å²) < 4.78 is 5.38. The molecule has 0 aliphatic rings. The van der Waals surface area contributed by atoms with E-state index in [-0.39, 0.29) is 6.02 Å². The van der Waals surface area contributed by atoms with E-state index in [1.807, 2.05) is 60.7 Å². The number of benzene rings is 2. The number of ether oxygens (including phenoxy) is 1. The van der Waals surface area contributed by atoms with Crippen molar-refractivity contribution in [2.75, 3.05) is 0 Å². The topological polar surface area (TPSA) is 47.6 Å². The molecule has 0 saturated carbocycles. The number of aliphatic imine (C=N–C) groups is 1. The van der Waals surface area contributed by atoms with Gasteiger partial charge in [0.1, 0.15) is 6.61 Å². The van der Waals surface area contributed by atoms with Crippen molar-refractivity contribution in [3.8, 4) is 0 Å². The van der Waals surface area contributed by atoms with Crippen LogP contribution in [-0.2, 0) is 17.9 Å². The molecule has 0 aliphatic carbocycles. The zero-order valence-corrected chi connectivity index (χ0v) is 10.1. The fraction of sp³-hybridized carbons (Fsp3) is 0.133. The highest BCUT2D eigenvalue weighted by molar-refractivity contribution is 5.71. The molecule has 0 spiro atoms. The van der Waals surface area contributed by atoms with Gasteiger partial charge in [0.05, 0.1) is 6.54 Å². The van der Waals surface area contributed by atoms with Crippen LogP contribution in [0.15, 0.2) is 65.7 Å². The Morgan fingerprint density at radius 1 is 0.889 bits per heavy atom. The number of nitrogens with zero attached hydrogens (tertiary/aromatic N) is 1. The average molecular weight is 240 g/mol.